The third-order valence-corrected chi connectivity index (χ3v) is 6.16. The summed E-state index contributed by atoms with van der Waals surface area (Å²) in [6.45, 7) is 7.13. The van der Waals surface area contributed by atoms with Gasteiger partial charge in [0.2, 0.25) is 0 Å². The highest BCUT2D eigenvalue weighted by atomic mass is 19.4. The van der Waals surface area contributed by atoms with Crippen LogP contribution in [0.1, 0.15) is 31.4 Å². The first kappa shape index (κ1) is 31.7. The molecule has 2 N–H and O–H groups in total. The predicted octanol–water partition coefficient (Wildman–Crippen LogP) is 3.19. The molecule has 216 valence electrons. The van der Waals surface area contributed by atoms with Crippen LogP contribution >= 0.6 is 0 Å². The van der Waals surface area contributed by atoms with Gasteiger partial charge in [0, 0.05) is 31.9 Å². The number of alkyl halides is 6. The van der Waals surface area contributed by atoms with Gasteiger partial charge in [-0.1, -0.05) is 6.07 Å². The molecule has 9 nitrogen and oxygen atoms in total. The number of fused-ring (bicyclic) bond motifs is 1. The molecule has 1 aliphatic carbocycles. The minimum absolute atomic E-state index is 0.237. The topological polar surface area (TPSA) is 112 Å². The Hall–Kier alpha value is -2.49. The van der Waals surface area contributed by atoms with E-state index in [0.29, 0.717) is 6.04 Å². The van der Waals surface area contributed by atoms with Crippen LogP contribution in [-0.2, 0) is 25.6 Å². The lowest BCUT2D eigenvalue weighted by atomic mass is 10.1. The Morgan fingerprint density at radius 3 is 2.13 bits per heavy atom. The number of halogens is 6. The lowest BCUT2D eigenvalue weighted by molar-refractivity contribution is -0.193. The van der Waals surface area contributed by atoms with Crippen molar-refractivity contribution < 1.29 is 55.6 Å². The van der Waals surface area contributed by atoms with E-state index in [2.05, 4.69) is 26.9 Å². The molecule has 3 atom stereocenters. The molecule has 38 heavy (non-hydrogen) atoms. The van der Waals surface area contributed by atoms with E-state index in [1.54, 1.807) is 0 Å². The second-order valence-corrected chi connectivity index (χ2v) is 8.84. The van der Waals surface area contributed by atoms with Crippen LogP contribution in [0, 0.1) is 0 Å². The van der Waals surface area contributed by atoms with Crippen molar-refractivity contribution in [1.82, 2.24) is 14.8 Å². The Bertz CT molecular complexity index is 843. The molecule has 0 amide bonds. The number of likely N-dealkylation sites (tertiary alicyclic amines) is 1. The van der Waals surface area contributed by atoms with Crippen LogP contribution in [0.3, 0.4) is 0 Å². The zero-order valence-electron chi connectivity index (χ0n) is 20.5. The number of rotatable bonds is 6. The van der Waals surface area contributed by atoms with Crippen LogP contribution < -0.4 is 0 Å². The summed E-state index contributed by atoms with van der Waals surface area (Å²) in [5.41, 5.74) is 1.15. The van der Waals surface area contributed by atoms with Gasteiger partial charge in [0.05, 0.1) is 31.1 Å². The Balaban J connectivity index is 0.000000301. The van der Waals surface area contributed by atoms with Crippen molar-refractivity contribution in [3.63, 3.8) is 0 Å². The van der Waals surface area contributed by atoms with E-state index < -0.39 is 24.3 Å². The van der Waals surface area contributed by atoms with Crippen molar-refractivity contribution in [2.24, 2.45) is 0 Å². The van der Waals surface area contributed by atoms with Gasteiger partial charge < -0.3 is 24.6 Å². The fourth-order valence-corrected chi connectivity index (χ4v) is 4.41. The molecule has 4 rings (SSSR count). The van der Waals surface area contributed by atoms with Gasteiger partial charge in [0.25, 0.3) is 0 Å². The first-order valence-corrected chi connectivity index (χ1v) is 12.0. The highest BCUT2D eigenvalue weighted by Gasteiger charge is 2.43. The molecule has 3 fully saturated rings. The number of hydrogen-bond donors (Lipinski definition) is 2. The van der Waals surface area contributed by atoms with Crippen molar-refractivity contribution in [3.8, 4) is 0 Å². The first-order valence-electron chi connectivity index (χ1n) is 12.0. The van der Waals surface area contributed by atoms with Gasteiger partial charge >= 0.3 is 24.3 Å². The van der Waals surface area contributed by atoms with E-state index in [0.717, 1.165) is 45.0 Å². The summed E-state index contributed by atoms with van der Waals surface area (Å²) in [6, 6.07) is 6.64. The average molecular weight is 560 g/mol. The Kier molecular flexibility index (Phi) is 12.2. The Morgan fingerprint density at radius 1 is 1.00 bits per heavy atom. The third-order valence-electron chi connectivity index (χ3n) is 6.16. The Morgan fingerprint density at radius 2 is 1.61 bits per heavy atom. The smallest absolute Gasteiger partial charge is 0.475 e. The highest BCUT2D eigenvalue weighted by Crippen LogP contribution is 2.32. The van der Waals surface area contributed by atoms with Gasteiger partial charge in [-0.15, -0.1) is 0 Å². The van der Waals surface area contributed by atoms with Crippen molar-refractivity contribution in [3.05, 3.63) is 30.1 Å². The van der Waals surface area contributed by atoms with Crippen molar-refractivity contribution >= 4 is 11.9 Å². The average Bonchev–Trinajstić information content (AvgIpc) is 3.50. The van der Waals surface area contributed by atoms with E-state index in [1.165, 1.54) is 32.4 Å². The molecule has 3 heterocycles. The SMILES string of the molecule is O=C(O)C(F)(F)F.O=C(O)C(F)(F)F.c1ccc(CN2CCO[C@H]3[C@H](OCCN4CCCC4)CC[C@@H]32)nc1. The minimum atomic E-state index is -5.08. The maximum atomic E-state index is 10.6. The van der Waals surface area contributed by atoms with Crippen LogP contribution in [0.25, 0.3) is 0 Å². The summed E-state index contributed by atoms with van der Waals surface area (Å²) in [5.74, 6) is -5.51. The lowest BCUT2D eigenvalue weighted by Crippen LogP contribution is -2.51. The number of aromatic nitrogens is 1. The number of aliphatic carboxylic acids is 2. The van der Waals surface area contributed by atoms with Gasteiger partial charge in [-0.25, -0.2) is 9.59 Å². The number of carboxylic acids is 2. The molecule has 1 aromatic rings. The molecular formula is C23H31F6N3O6. The van der Waals surface area contributed by atoms with Crippen LogP contribution in [0.2, 0.25) is 0 Å². The maximum Gasteiger partial charge on any atom is 0.490 e. The molecule has 3 aliphatic rings. The number of carbonyl (C=O) groups is 2. The maximum absolute atomic E-state index is 10.6. The number of ether oxygens (including phenoxy) is 2. The van der Waals surface area contributed by atoms with Crippen molar-refractivity contribution in [2.45, 2.75) is 62.8 Å². The first-order chi connectivity index (χ1) is 17.8. The molecule has 0 aromatic carbocycles. The molecule has 1 aromatic heterocycles. The van der Waals surface area contributed by atoms with Crippen LogP contribution in [0.5, 0.6) is 0 Å². The summed E-state index contributed by atoms with van der Waals surface area (Å²) in [6.07, 6.45) is -2.80. The van der Waals surface area contributed by atoms with Gasteiger partial charge in [0.1, 0.15) is 0 Å². The van der Waals surface area contributed by atoms with Gasteiger partial charge in [0.15, 0.2) is 0 Å². The second kappa shape index (κ2) is 14.6. The number of carboxylic acid groups (broad SMARTS) is 2. The van der Waals surface area contributed by atoms with Crippen molar-refractivity contribution in [1.29, 1.82) is 0 Å². The molecule has 0 unspecified atom stereocenters. The molecule has 2 aliphatic heterocycles. The molecule has 0 radical (unpaired) electrons. The van der Waals surface area contributed by atoms with E-state index >= 15 is 0 Å². The molecule has 2 saturated heterocycles. The monoisotopic (exact) mass is 559 g/mol. The number of hydrogen-bond acceptors (Lipinski definition) is 7. The van der Waals surface area contributed by atoms with E-state index in [9.17, 15) is 26.3 Å². The summed E-state index contributed by atoms with van der Waals surface area (Å²) in [4.78, 5) is 27.3. The predicted molar refractivity (Wildman–Crippen MR) is 120 cm³/mol. The molecule has 0 spiro atoms. The number of morpholine rings is 1. The zero-order valence-corrected chi connectivity index (χ0v) is 20.5. The van der Waals surface area contributed by atoms with Gasteiger partial charge in [-0.2, -0.15) is 26.3 Å². The van der Waals surface area contributed by atoms with Gasteiger partial charge in [-0.3, -0.25) is 9.88 Å². The van der Waals surface area contributed by atoms with E-state index in [4.69, 9.17) is 29.3 Å². The number of nitrogens with zero attached hydrogens (tertiary/aromatic N) is 3. The van der Waals surface area contributed by atoms with E-state index in [1.807, 2.05) is 12.3 Å². The fourth-order valence-electron chi connectivity index (χ4n) is 4.41. The standard InChI is InChI=1S/C19H29N3O2.2C2HF3O2/c1-2-8-20-16(5-1)15-22-12-14-24-19-17(22)6-7-18(19)23-13-11-21-9-3-4-10-21;2*3-2(4,5)1(6)7/h1-2,5,8,17-19H,3-4,6-7,9-15H2;2*(H,6,7)/t17-,18+,19+;;/m0../s1. The van der Waals surface area contributed by atoms with Crippen LogP contribution in [0.4, 0.5) is 26.3 Å². The molecule has 0 bridgehead atoms. The third kappa shape index (κ3) is 10.7. The van der Waals surface area contributed by atoms with Crippen LogP contribution in [-0.4, -0.2) is 107 Å². The zero-order chi connectivity index (χ0) is 28.3. The summed E-state index contributed by atoms with van der Waals surface area (Å²) in [7, 11) is 0. The summed E-state index contributed by atoms with van der Waals surface area (Å²) < 4.78 is 75.8. The molecule has 1 saturated carbocycles. The summed E-state index contributed by atoms with van der Waals surface area (Å²) >= 11 is 0. The number of pyridine rings is 1. The van der Waals surface area contributed by atoms with Crippen molar-refractivity contribution in [2.75, 3.05) is 39.4 Å². The second-order valence-electron chi connectivity index (χ2n) is 8.84. The molecule has 15 heteroatoms. The molecular weight excluding hydrogens is 528 g/mol. The Labute approximate surface area is 215 Å². The minimum Gasteiger partial charge on any atom is -0.475 e. The van der Waals surface area contributed by atoms with Gasteiger partial charge in [-0.05, 0) is 50.9 Å². The summed E-state index contributed by atoms with van der Waals surface area (Å²) in [5, 5.41) is 14.2. The fraction of sp³-hybridized carbons (Fsp3) is 0.696. The highest BCUT2D eigenvalue weighted by molar-refractivity contribution is 5.73. The lowest BCUT2D eigenvalue weighted by Gasteiger charge is -2.39. The largest absolute Gasteiger partial charge is 0.490 e. The normalized spacial score (nSPS) is 24.0. The quantitative estimate of drug-likeness (QED) is 0.508. The van der Waals surface area contributed by atoms with E-state index in [-0.39, 0.29) is 12.2 Å². The van der Waals surface area contributed by atoms with Crippen LogP contribution in [0.15, 0.2) is 24.4 Å².